The fourth-order valence-electron chi connectivity index (χ4n) is 6.18. The molecule has 2 aromatic rings. The molecule has 0 unspecified atom stereocenters. The van der Waals surface area contributed by atoms with Gasteiger partial charge in [0.15, 0.2) is 5.82 Å². The van der Waals surface area contributed by atoms with Crippen LogP contribution in [-0.4, -0.2) is 97.0 Å². The number of hydrogen-bond donors (Lipinski definition) is 1. The minimum absolute atomic E-state index is 0.0198. The van der Waals surface area contributed by atoms with Crippen LogP contribution in [0.15, 0.2) is 18.3 Å². The summed E-state index contributed by atoms with van der Waals surface area (Å²) in [5.41, 5.74) is 0.258. The van der Waals surface area contributed by atoms with Crippen LogP contribution in [0, 0.1) is 11.7 Å². The molecule has 6 rings (SSSR count). The molecule has 0 bridgehead atoms. The predicted octanol–water partition coefficient (Wildman–Crippen LogP) is 3.90. The highest BCUT2D eigenvalue weighted by Gasteiger charge is 2.48. The minimum Gasteiger partial charge on any atom is -0.495 e. The van der Waals surface area contributed by atoms with Gasteiger partial charge in [0.05, 0.1) is 31.1 Å². The first-order valence-corrected chi connectivity index (χ1v) is 14.6. The number of benzene rings is 1. The first-order valence-electron chi connectivity index (χ1n) is 14.6. The van der Waals surface area contributed by atoms with E-state index in [1.807, 2.05) is 0 Å². The Labute approximate surface area is 242 Å². The number of aromatic nitrogens is 2. The van der Waals surface area contributed by atoms with Gasteiger partial charge in [0.25, 0.3) is 11.8 Å². The second-order valence-corrected chi connectivity index (χ2v) is 11.7. The van der Waals surface area contributed by atoms with Gasteiger partial charge in [-0.05, 0) is 37.7 Å². The van der Waals surface area contributed by atoms with Gasteiger partial charge in [0.2, 0.25) is 5.95 Å². The molecule has 226 valence electrons. The number of piperazine rings is 1. The van der Waals surface area contributed by atoms with E-state index >= 15 is 4.39 Å². The van der Waals surface area contributed by atoms with E-state index in [2.05, 4.69) is 20.2 Å². The number of hydrogen-bond acceptors (Lipinski definition) is 8. The summed E-state index contributed by atoms with van der Waals surface area (Å²) in [4.78, 5) is 41.0. The molecule has 0 radical (unpaired) electrons. The molecule has 3 fully saturated rings. The second-order valence-electron chi connectivity index (χ2n) is 11.7. The lowest BCUT2D eigenvalue weighted by atomic mass is 10.1. The number of alkyl halides is 2. The van der Waals surface area contributed by atoms with Gasteiger partial charge in [-0.3, -0.25) is 14.5 Å². The molecular weight excluding hydrogens is 551 g/mol. The summed E-state index contributed by atoms with van der Waals surface area (Å²) in [5.74, 6) is -4.83. The molecule has 2 saturated carbocycles. The maximum Gasteiger partial charge on any atom is 0.342 e. The van der Waals surface area contributed by atoms with E-state index in [0.29, 0.717) is 25.9 Å². The van der Waals surface area contributed by atoms with E-state index < -0.39 is 30.1 Å². The van der Waals surface area contributed by atoms with E-state index in [0.717, 1.165) is 49.4 Å². The number of nitrogens with one attached hydrogen (secondary N) is 1. The number of ether oxygens (including phenoxy) is 1. The highest BCUT2D eigenvalue weighted by atomic mass is 19.3. The molecule has 0 atom stereocenters. The Balaban J connectivity index is 1.24. The molecule has 1 N–H and O–H groups in total. The van der Waals surface area contributed by atoms with Gasteiger partial charge in [0, 0.05) is 51.9 Å². The Hall–Kier alpha value is -3.61. The van der Waals surface area contributed by atoms with Crippen molar-refractivity contribution in [2.45, 2.75) is 50.5 Å². The first kappa shape index (κ1) is 28.5. The zero-order valence-electron chi connectivity index (χ0n) is 23.9. The van der Waals surface area contributed by atoms with Gasteiger partial charge in [-0.25, -0.2) is 9.37 Å². The number of fused-ring (bicyclic) bond motifs is 1. The van der Waals surface area contributed by atoms with Gasteiger partial charge in [-0.1, -0.05) is 12.8 Å². The summed E-state index contributed by atoms with van der Waals surface area (Å²) >= 11 is 0. The van der Waals surface area contributed by atoms with Crippen molar-refractivity contribution in [1.29, 1.82) is 0 Å². The molecule has 4 aliphatic rings. The summed E-state index contributed by atoms with van der Waals surface area (Å²) in [6.07, 6.45) is 7.09. The van der Waals surface area contributed by atoms with Crippen LogP contribution in [0.5, 0.6) is 5.75 Å². The molecule has 2 aliphatic heterocycles. The normalized spacial score (nSPS) is 21.4. The molecule has 2 amide bonds. The fraction of sp³-hybridized carbons (Fsp3) is 0.586. The molecule has 1 aromatic heterocycles. The Morgan fingerprint density at radius 2 is 1.83 bits per heavy atom. The highest BCUT2D eigenvalue weighted by molar-refractivity contribution is 6.02. The van der Waals surface area contributed by atoms with Crippen molar-refractivity contribution < 1.29 is 27.5 Å². The van der Waals surface area contributed by atoms with Gasteiger partial charge in [-0.15, -0.1) is 0 Å². The molecular formula is C29H36F3N7O3. The number of amides is 2. The first-order chi connectivity index (χ1) is 20.1. The monoisotopic (exact) mass is 587 g/mol. The molecule has 3 heterocycles. The van der Waals surface area contributed by atoms with Crippen molar-refractivity contribution in [3.8, 4) is 5.75 Å². The SMILES string of the molecule is COc1cc(C(=O)N2CCN(CC3CC3)CC2)c(F)cc1Nc1ncc2c(n1)N(C1CCCC1)CC(F)(F)C(=O)N2C. The topological polar surface area (TPSA) is 94.1 Å². The van der Waals surface area contributed by atoms with E-state index in [4.69, 9.17) is 4.74 Å². The van der Waals surface area contributed by atoms with Crippen LogP contribution in [0.25, 0.3) is 0 Å². The Bertz CT molecular complexity index is 1360. The summed E-state index contributed by atoms with van der Waals surface area (Å²) in [6, 6.07) is 2.32. The molecule has 1 aromatic carbocycles. The minimum atomic E-state index is -3.59. The van der Waals surface area contributed by atoms with Gasteiger partial charge in [-0.2, -0.15) is 13.8 Å². The summed E-state index contributed by atoms with van der Waals surface area (Å²) in [6.45, 7) is 2.87. The van der Waals surface area contributed by atoms with Crippen molar-refractivity contribution in [2.75, 3.05) is 68.5 Å². The smallest absolute Gasteiger partial charge is 0.342 e. The lowest BCUT2D eigenvalue weighted by Crippen LogP contribution is -2.49. The van der Waals surface area contributed by atoms with E-state index in [9.17, 15) is 18.4 Å². The molecule has 10 nitrogen and oxygen atoms in total. The predicted molar refractivity (Wildman–Crippen MR) is 151 cm³/mol. The zero-order valence-corrected chi connectivity index (χ0v) is 23.9. The van der Waals surface area contributed by atoms with Crippen molar-refractivity contribution in [3.63, 3.8) is 0 Å². The van der Waals surface area contributed by atoms with Crippen molar-refractivity contribution >= 4 is 35.0 Å². The lowest BCUT2D eigenvalue weighted by molar-refractivity contribution is -0.140. The number of carbonyl (C=O) groups excluding carboxylic acids is 2. The number of halogens is 3. The average molecular weight is 588 g/mol. The van der Waals surface area contributed by atoms with Crippen molar-refractivity contribution in [3.05, 3.63) is 29.7 Å². The number of anilines is 4. The number of carbonyl (C=O) groups is 2. The number of nitrogens with zero attached hydrogens (tertiary/aromatic N) is 6. The molecule has 1 saturated heterocycles. The van der Waals surface area contributed by atoms with Gasteiger partial charge in [0.1, 0.15) is 17.3 Å². The van der Waals surface area contributed by atoms with Crippen LogP contribution in [0.3, 0.4) is 0 Å². The van der Waals surface area contributed by atoms with E-state index in [1.54, 1.807) is 4.90 Å². The Morgan fingerprint density at radius 3 is 2.50 bits per heavy atom. The van der Waals surface area contributed by atoms with Crippen LogP contribution in [0.2, 0.25) is 0 Å². The van der Waals surface area contributed by atoms with Crippen molar-refractivity contribution in [2.24, 2.45) is 5.92 Å². The summed E-state index contributed by atoms with van der Waals surface area (Å²) in [5, 5.41) is 2.93. The van der Waals surface area contributed by atoms with Crippen LogP contribution in [0.4, 0.5) is 36.3 Å². The van der Waals surface area contributed by atoms with Crippen LogP contribution in [0.1, 0.15) is 48.9 Å². The molecule has 0 spiro atoms. The Morgan fingerprint density at radius 1 is 1.12 bits per heavy atom. The number of methoxy groups -OCH3 is 1. The van der Waals surface area contributed by atoms with Crippen LogP contribution in [-0.2, 0) is 4.79 Å². The number of rotatable bonds is 7. The third kappa shape index (κ3) is 5.58. The maximum atomic E-state index is 15.4. The third-order valence-electron chi connectivity index (χ3n) is 8.77. The van der Waals surface area contributed by atoms with Crippen LogP contribution >= 0.6 is 0 Å². The maximum absolute atomic E-state index is 15.4. The van der Waals surface area contributed by atoms with Gasteiger partial charge >= 0.3 is 5.92 Å². The molecule has 13 heteroatoms. The van der Waals surface area contributed by atoms with Gasteiger partial charge < -0.3 is 24.8 Å². The van der Waals surface area contributed by atoms with E-state index in [1.165, 1.54) is 44.2 Å². The fourth-order valence-corrected chi connectivity index (χ4v) is 6.18. The molecule has 2 aliphatic carbocycles. The Kier molecular flexibility index (Phi) is 7.62. The largest absolute Gasteiger partial charge is 0.495 e. The average Bonchev–Trinajstić information content (AvgIpc) is 3.64. The molecule has 42 heavy (non-hydrogen) atoms. The second kappa shape index (κ2) is 11.2. The van der Waals surface area contributed by atoms with Crippen LogP contribution < -0.4 is 19.9 Å². The summed E-state index contributed by atoms with van der Waals surface area (Å²) in [7, 11) is 2.69. The summed E-state index contributed by atoms with van der Waals surface area (Å²) < 4.78 is 50.6. The standard InChI is InChI=1S/C29H36F3N7O3/c1-36-23-15-33-28(35-25(23)39(19-5-3-4-6-19)17-29(31,32)27(36)41)34-22-14-21(30)20(13-24(22)42-2)26(40)38-11-9-37(10-12-38)16-18-7-8-18/h13-15,18-19H,3-12,16-17H2,1-2H3,(H,33,34,35). The zero-order chi connectivity index (χ0) is 29.6. The highest BCUT2D eigenvalue weighted by Crippen LogP contribution is 2.40. The quantitative estimate of drug-likeness (QED) is 0.522. The van der Waals surface area contributed by atoms with E-state index in [-0.39, 0.29) is 40.5 Å². The third-order valence-corrected chi connectivity index (χ3v) is 8.77. The lowest BCUT2D eigenvalue weighted by Gasteiger charge is -2.35. The van der Waals surface area contributed by atoms with Crippen molar-refractivity contribution in [1.82, 2.24) is 19.8 Å².